The molecule has 0 radical (unpaired) electrons. The maximum atomic E-state index is 13.2. The molecular formula is C20H30ClN3O2. The van der Waals surface area contributed by atoms with E-state index in [0.717, 1.165) is 31.5 Å². The van der Waals surface area contributed by atoms with Gasteiger partial charge < -0.3 is 15.5 Å². The van der Waals surface area contributed by atoms with Crippen LogP contribution in [0.2, 0.25) is 0 Å². The minimum atomic E-state index is -0.166. The van der Waals surface area contributed by atoms with Crippen LogP contribution in [0.4, 0.5) is 0 Å². The maximum Gasteiger partial charge on any atom is 0.228 e. The van der Waals surface area contributed by atoms with Crippen LogP contribution in [0.1, 0.15) is 44.2 Å². The smallest absolute Gasteiger partial charge is 0.228 e. The van der Waals surface area contributed by atoms with Gasteiger partial charge in [-0.15, -0.1) is 12.4 Å². The lowest BCUT2D eigenvalue weighted by Crippen LogP contribution is -2.50. The van der Waals surface area contributed by atoms with Crippen LogP contribution in [0.15, 0.2) is 30.3 Å². The molecule has 1 aromatic rings. The summed E-state index contributed by atoms with van der Waals surface area (Å²) in [4.78, 5) is 29.2. The molecule has 0 aromatic heterocycles. The van der Waals surface area contributed by atoms with Gasteiger partial charge in [-0.1, -0.05) is 30.3 Å². The molecule has 2 saturated heterocycles. The quantitative estimate of drug-likeness (QED) is 0.877. The molecule has 2 aliphatic rings. The van der Waals surface area contributed by atoms with Gasteiger partial charge in [-0.2, -0.15) is 0 Å². The Morgan fingerprint density at radius 2 is 1.77 bits per heavy atom. The van der Waals surface area contributed by atoms with Gasteiger partial charge in [-0.3, -0.25) is 9.59 Å². The summed E-state index contributed by atoms with van der Waals surface area (Å²) < 4.78 is 0. The highest BCUT2D eigenvalue weighted by Gasteiger charge is 2.41. The lowest BCUT2D eigenvalue weighted by Gasteiger charge is -2.42. The Bertz CT molecular complexity index is 615. The number of nitrogens with zero attached hydrogens (tertiary/aromatic N) is 2. The lowest BCUT2D eigenvalue weighted by atomic mass is 9.82. The Hall–Kier alpha value is -1.59. The summed E-state index contributed by atoms with van der Waals surface area (Å²) in [6.07, 6.45) is 3.03. The number of rotatable bonds is 3. The molecule has 0 bridgehead atoms. The molecule has 0 saturated carbocycles. The molecule has 144 valence electrons. The van der Waals surface area contributed by atoms with Gasteiger partial charge in [0.05, 0.1) is 12.0 Å². The molecule has 6 heteroatoms. The fraction of sp³-hybridized carbons (Fsp3) is 0.600. The average molecular weight is 380 g/mol. The molecule has 0 aliphatic carbocycles. The minimum absolute atomic E-state index is 0. The number of carbonyl (C=O) groups excluding carboxylic acids is 2. The fourth-order valence-corrected chi connectivity index (χ4v) is 4.28. The average Bonchev–Trinajstić information content (AvgIpc) is 2.64. The van der Waals surface area contributed by atoms with Crippen LogP contribution in [-0.4, -0.2) is 47.8 Å². The maximum absolute atomic E-state index is 13.2. The van der Waals surface area contributed by atoms with E-state index in [1.807, 2.05) is 42.3 Å². The predicted octanol–water partition coefficient (Wildman–Crippen LogP) is 2.60. The van der Waals surface area contributed by atoms with Crippen molar-refractivity contribution in [2.45, 2.75) is 44.7 Å². The second-order valence-electron chi connectivity index (χ2n) is 7.53. The van der Waals surface area contributed by atoms with E-state index in [4.69, 9.17) is 5.73 Å². The highest BCUT2D eigenvalue weighted by molar-refractivity contribution is 5.85. The fourth-order valence-electron chi connectivity index (χ4n) is 4.28. The molecule has 26 heavy (non-hydrogen) atoms. The Morgan fingerprint density at radius 3 is 2.35 bits per heavy atom. The third-order valence-electron chi connectivity index (χ3n) is 5.91. The first-order chi connectivity index (χ1) is 12.0. The predicted molar refractivity (Wildman–Crippen MR) is 105 cm³/mol. The first kappa shape index (κ1) is 20.7. The Kier molecular flexibility index (Phi) is 7.07. The van der Waals surface area contributed by atoms with Crippen LogP contribution in [0, 0.1) is 11.8 Å². The van der Waals surface area contributed by atoms with E-state index in [2.05, 4.69) is 6.92 Å². The molecule has 3 atom stereocenters. The van der Waals surface area contributed by atoms with Gasteiger partial charge in [-0.25, -0.2) is 0 Å². The third-order valence-corrected chi connectivity index (χ3v) is 5.91. The third kappa shape index (κ3) is 4.21. The van der Waals surface area contributed by atoms with Crippen LogP contribution in [0.5, 0.6) is 0 Å². The summed E-state index contributed by atoms with van der Waals surface area (Å²) in [6, 6.07) is 9.96. The SMILES string of the molecule is CC(N)C1CCN(C(=O)C2CCC(=O)N(C)C2c2ccccc2)CC1.Cl. The van der Waals surface area contributed by atoms with Crippen LogP contribution >= 0.6 is 12.4 Å². The molecule has 2 fully saturated rings. The van der Waals surface area contributed by atoms with Crippen molar-refractivity contribution < 1.29 is 9.59 Å². The first-order valence-corrected chi connectivity index (χ1v) is 9.34. The van der Waals surface area contributed by atoms with Crippen LogP contribution in [-0.2, 0) is 9.59 Å². The molecular weight excluding hydrogens is 350 g/mol. The molecule has 5 nitrogen and oxygen atoms in total. The molecule has 3 rings (SSSR count). The Balaban J connectivity index is 0.00000243. The summed E-state index contributed by atoms with van der Waals surface area (Å²) in [6.45, 7) is 3.61. The van der Waals surface area contributed by atoms with Crippen LogP contribution < -0.4 is 5.73 Å². The summed E-state index contributed by atoms with van der Waals surface area (Å²) in [5.41, 5.74) is 7.06. The standard InChI is InChI=1S/C20H29N3O2.ClH/c1-14(21)15-10-12-23(13-11-15)20(25)17-8-9-18(24)22(2)19(17)16-6-4-3-5-7-16;/h3-7,14-15,17,19H,8-13,21H2,1-2H3;1H. The number of likely N-dealkylation sites (tertiary alicyclic amines) is 2. The summed E-state index contributed by atoms with van der Waals surface area (Å²) in [5, 5.41) is 0. The van der Waals surface area contributed by atoms with Gasteiger partial charge in [0.1, 0.15) is 0 Å². The van der Waals surface area contributed by atoms with Gasteiger partial charge in [0.2, 0.25) is 11.8 Å². The minimum Gasteiger partial charge on any atom is -0.342 e. The van der Waals surface area contributed by atoms with Crippen molar-refractivity contribution in [2.24, 2.45) is 17.6 Å². The first-order valence-electron chi connectivity index (χ1n) is 9.34. The molecule has 2 amide bonds. The second kappa shape index (κ2) is 8.87. The lowest BCUT2D eigenvalue weighted by molar-refractivity contribution is -0.147. The monoisotopic (exact) mass is 379 g/mol. The number of hydrogen-bond donors (Lipinski definition) is 1. The van der Waals surface area contributed by atoms with Gasteiger partial charge in [-0.05, 0) is 37.7 Å². The number of benzene rings is 1. The largest absolute Gasteiger partial charge is 0.342 e. The van der Waals surface area contributed by atoms with E-state index >= 15 is 0 Å². The van der Waals surface area contributed by atoms with E-state index < -0.39 is 0 Å². The number of amides is 2. The molecule has 1 aromatic carbocycles. The van der Waals surface area contributed by atoms with Gasteiger partial charge in [0, 0.05) is 32.6 Å². The van der Waals surface area contributed by atoms with Crippen LogP contribution in [0.3, 0.4) is 0 Å². The Labute approximate surface area is 162 Å². The highest BCUT2D eigenvalue weighted by atomic mass is 35.5. The van der Waals surface area contributed by atoms with E-state index in [1.165, 1.54) is 0 Å². The molecule has 2 heterocycles. The summed E-state index contributed by atoms with van der Waals surface area (Å²) in [7, 11) is 1.82. The molecule has 2 aliphatic heterocycles. The van der Waals surface area contributed by atoms with Gasteiger partial charge in [0.15, 0.2) is 0 Å². The van der Waals surface area contributed by atoms with E-state index in [-0.39, 0.29) is 42.2 Å². The normalized spacial score (nSPS) is 25.6. The molecule has 3 unspecified atom stereocenters. The summed E-state index contributed by atoms with van der Waals surface area (Å²) >= 11 is 0. The number of piperidine rings is 2. The van der Waals surface area contributed by atoms with Crippen molar-refractivity contribution in [1.82, 2.24) is 9.80 Å². The van der Waals surface area contributed by atoms with Crippen molar-refractivity contribution in [3.8, 4) is 0 Å². The topological polar surface area (TPSA) is 66.6 Å². The molecule has 0 spiro atoms. The number of carbonyl (C=O) groups is 2. The zero-order chi connectivity index (χ0) is 18.0. The van der Waals surface area contributed by atoms with Gasteiger partial charge >= 0.3 is 0 Å². The van der Waals surface area contributed by atoms with Crippen molar-refractivity contribution in [2.75, 3.05) is 20.1 Å². The van der Waals surface area contributed by atoms with Crippen molar-refractivity contribution in [1.29, 1.82) is 0 Å². The number of halogens is 1. The number of nitrogens with two attached hydrogens (primary N) is 1. The van der Waals surface area contributed by atoms with Gasteiger partial charge in [0.25, 0.3) is 0 Å². The van der Waals surface area contributed by atoms with Crippen molar-refractivity contribution >= 4 is 24.2 Å². The second-order valence-corrected chi connectivity index (χ2v) is 7.53. The van der Waals surface area contributed by atoms with Crippen LogP contribution in [0.25, 0.3) is 0 Å². The highest BCUT2D eigenvalue weighted by Crippen LogP contribution is 2.37. The zero-order valence-electron chi connectivity index (χ0n) is 15.6. The summed E-state index contributed by atoms with van der Waals surface area (Å²) in [5.74, 6) is 0.659. The van der Waals surface area contributed by atoms with Crippen molar-refractivity contribution in [3.05, 3.63) is 35.9 Å². The van der Waals surface area contributed by atoms with E-state index in [9.17, 15) is 9.59 Å². The molecule has 2 N–H and O–H groups in total. The van der Waals surface area contributed by atoms with E-state index in [0.29, 0.717) is 18.8 Å². The van der Waals surface area contributed by atoms with Crippen molar-refractivity contribution in [3.63, 3.8) is 0 Å². The number of hydrogen-bond acceptors (Lipinski definition) is 3. The zero-order valence-corrected chi connectivity index (χ0v) is 16.5. The Morgan fingerprint density at radius 1 is 1.15 bits per heavy atom. The van der Waals surface area contributed by atoms with E-state index in [1.54, 1.807) is 4.90 Å².